The number of anilines is 1. The third kappa shape index (κ3) is 4.39. The summed E-state index contributed by atoms with van der Waals surface area (Å²) in [5.74, 6) is 0.383. The van der Waals surface area contributed by atoms with Gasteiger partial charge in [0.25, 0.3) is 10.0 Å². The Hall–Kier alpha value is -1.90. The average Bonchev–Trinajstić information content (AvgIpc) is 2.67. The summed E-state index contributed by atoms with van der Waals surface area (Å²) in [5.41, 5.74) is 3.39. The summed E-state index contributed by atoms with van der Waals surface area (Å²) in [4.78, 5) is 0.199. The number of rotatable bonds is 6. The molecule has 6 nitrogen and oxygen atoms in total. The molecule has 0 spiro atoms. The Morgan fingerprint density at radius 2 is 1.68 bits per heavy atom. The molecule has 2 aromatic carbocycles. The molecule has 0 aliphatic carbocycles. The minimum Gasteiger partial charge on any atom is -0.280 e. The van der Waals surface area contributed by atoms with Gasteiger partial charge in [0.1, 0.15) is 0 Å². The fraction of sp³-hybridized carbons (Fsp3) is 0.400. The van der Waals surface area contributed by atoms with Gasteiger partial charge in [0, 0.05) is 18.8 Å². The summed E-state index contributed by atoms with van der Waals surface area (Å²) in [7, 11) is -6.98. The number of sulfonamides is 2. The largest absolute Gasteiger partial charge is 0.280 e. The first kappa shape index (κ1) is 20.8. The van der Waals surface area contributed by atoms with E-state index in [0.29, 0.717) is 24.6 Å². The highest BCUT2D eigenvalue weighted by atomic mass is 32.2. The quantitative estimate of drug-likeness (QED) is 0.774. The van der Waals surface area contributed by atoms with Crippen LogP contribution < -0.4 is 4.72 Å². The minimum absolute atomic E-state index is 0.0566. The smallest absolute Gasteiger partial charge is 0.261 e. The lowest BCUT2D eigenvalue weighted by Gasteiger charge is -2.28. The lowest BCUT2D eigenvalue weighted by atomic mass is 10.0. The van der Waals surface area contributed by atoms with Crippen LogP contribution in [0.2, 0.25) is 0 Å². The van der Waals surface area contributed by atoms with Gasteiger partial charge < -0.3 is 0 Å². The van der Waals surface area contributed by atoms with Gasteiger partial charge in [0.15, 0.2) is 0 Å². The SMILES string of the molecule is CCS(=O)(=O)N1CCc2ccc(NS(=O)(=O)c3ccc(C(C)C)cc3)cc2C1. The molecule has 152 valence electrons. The summed E-state index contributed by atoms with van der Waals surface area (Å²) in [6.45, 7) is 6.45. The normalized spacial score (nSPS) is 15.4. The molecule has 0 aromatic heterocycles. The van der Waals surface area contributed by atoms with E-state index in [-0.39, 0.29) is 17.2 Å². The molecule has 0 bridgehead atoms. The van der Waals surface area contributed by atoms with Crippen LogP contribution in [0.3, 0.4) is 0 Å². The standard InChI is InChI=1S/C20H26N2O4S2/c1-4-27(23,24)22-12-11-17-5-8-19(13-18(17)14-22)21-28(25,26)20-9-6-16(7-10-20)15(2)3/h5-10,13,15,21H,4,11-12,14H2,1-3H3. The molecule has 28 heavy (non-hydrogen) atoms. The number of hydrogen-bond acceptors (Lipinski definition) is 4. The van der Waals surface area contributed by atoms with E-state index < -0.39 is 20.0 Å². The predicted molar refractivity (Wildman–Crippen MR) is 111 cm³/mol. The van der Waals surface area contributed by atoms with E-state index in [4.69, 9.17) is 0 Å². The molecule has 2 aromatic rings. The molecule has 0 radical (unpaired) electrons. The van der Waals surface area contributed by atoms with Gasteiger partial charge in [-0.3, -0.25) is 4.72 Å². The van der Waals surface area contributed by atoms with Crippen molar-refractivity contribution >= 4 is 25.7 Å². The second kappa shape index (κ2) is 7.85. The molecule has 1 N–H and O–H groups in total. The summed E-state index contributed by atoms with van der Waals surface area (Å²) in [6, 6.07) is 12.2. The van der Waals surface area contributed by atoms with Crippen molar-refractivity contribution in [2.24, 2.45) is 0 Å². The first-order chi connectivity index (χ1) is 13.1. The zero-order chi connectivity index (χ0) is 20.5. The molecule has 8 heteroatoms. The van der Waals surface area contributed by atoms with E-state index in [9.17, 15) is 16.8 Å². The van der Waals surface area contributed by atoms with Gasteiger partial charge in [-0.25, -0.2) is 16.8 Å². The summed E-state index contributed by atoms with van der Waals surface area (Å²) in [6.07, 6.45) is 0.623. The Morgan fingerprint density at radius 1 is 1.00 bits per heavy atom. The fourth-order valence-corrected chi connectivity index (χ4v) is 5.38. The molecule has 0 fully saturated rings. The zero-order valence-corrected chi connectivity index (χ0v) is 18.0. The summed E-state index contributed by atoms with van der Waals surface area (Å²) >= 11 is 0. The van der Waals surface area contributed by atoms with Crippen LogP contribution in [-0.4, -0.2) is 33.4 Å². The van der Waals surface area contributed by atoms with E-state index in [1.807, 2.05) is 18.2 Å². The lowest BCUT2D eigenvalue weighted by molar-refractivity contribution is 0.392. The monoisotopic (exact) mass is 422 g/mol. The van der Waals surface area contributed by atoms with Crippen LogP contribution in [0.5, 0.6) is 0 Å². The Morgan fingerprint density at radius 3 is 2.29 bits per heavy atom. The van der Waals surface area contributed by atoms with Crippen molar-refractivity contribution < 1.29 is 16.8 Å². The van der Waals surface area contributed by atoms with E-state index in [0.717, 1.165) is 16.7 Å². The number of nitrogens with zero attached hydrogens (tertiary/aromatic N) is 1. The van der Waals surface area contributed by atoms with Gasteiger partial charge in [-0.15, -0.1) is 0 Å². The molecule has 0 atom stereocenters. The summed E-state index contributed by atoms with van der Waals surface area (Å²) in [5, 5.41) is 0. The Labute approximate surface area is 167 Å². The topological polar surface area (TPSA) is 83.6 Å². The minimum atomic E-state index is -3.71. The Balaban J connectivity index is 1.83. The van der Waals surface area contributed by atoms with Gasteiger partial charge in [0.05, 0.1) is 10.6 Å². The van der Waals surface area contributed by atoms with Crippen molar-refractivity contribution in [3.8, 4) is 0 Å². The van der Waals surface area contributed by atoms with Gasteiger partial charge in [-0.05, 0) is 60.2 Å². The molecular formula is C20H26N2O4S2. The predicted octanol–water partition coefficient (Wildman–Crippen LogP) is 3.32. The van der Waals surface area contributed by atoms with Crippen LogP contribution >= 0.6 is 0 Å². The maximum atomic E-state index is 12.7. The van der Waals surface area contributed by atoms with Crippen molar-refractivity contribution in [1.29, 1.82) is 0 Å². The molecule has 0 amide bonds. The second-order valence-corrected chi connectivity index (χ2v) is 11.2. The highest BCUT2D eigenvalue weighted by Crippen LogP contribution is 2.26. The maximum absolute atomic E-state index is 12.7. The van der Waals surface area contributed by atoms with Crippen LogP contribution in [0.1, 0.15) is 43.4 Å². The van der Waals surface area contributed by atoms with Gasteiger partial charge in [0.2, 0.25) is 10.0 Å². The molecule has 0 saturated heterocycles. The second-order valence-electron chi connectivity index (χ2n) is 7.30. The van der Waals surface area contributed by atoms with Crippen molar-refractivity contribution in [2.75, 3.05) is 17.0 Å². The van der Waals surface area contributed by atoms with Crippen molar-refractivity contribution in [2.45, 2.75) is 44.6 Å². The molecule has 0 unspecified atom stereocenters. The highest BCUT2D eigenvalue weighted by molar-refractivity contribution is 7.92. The first-order valence-corrected chi connectivity index (χ1v) is 12.4. The van der Waals surface area contributed by atoms with Crippen LogP contribution in [0.25, 0.3) is 0 Å². The average molecular weight is 423 g/mol. The molecule has 0 saturated carbocycles. The van der Waals surface area contributed by atoms with Crippen LogP contribution in [0.4, 0.5) is 5.69 Å². The molecular weight excluding hydrogens is 396 g/mol. The van der Waals surface area contributed by atoms with Gasteiger partial charge in [-0.1, -0.05) is 32.0 Å². The van der Waals surface area contributed by atoms with Crippen LogP contribution in [0, 0.1) is 0 Å². The van der Waals surface area contributed by atoms with E-state index in [2.05, 4.69) is 18.6 Å². The van der Waals surface area contributed by atoms with E-state index >= 15 is 0 Å². The Kier molecular flexibility index (Phi) is 5.84. The highest BCUT2D eigenvalue weighted by Gasteiger charge is 2.25. The third-order valence-corrected chi connectivity index (χ3v) is 8.28. The summed E-state index contributed by atoms with van der Waals surface area (Å²) < 4.78 is 53.8. The lowest BCUT2D eigenvalue weighted by Crippen LogP contribution is -2.36. The van der Waals surface area contributed by atoms with Gasteiger partial charge >= 0.3 is 0 Å². The number of hydrogen-bond donors (Lipinski definition) is 1. The zero-order valence-electron chi connectivity index (χ0n) is 16.3. The third-order valence-electron chi connectivity index (χ3n) is 5.05. The van der Waals surface area contributed by atoms with Gasteiger partial charge in [-0.2, -0.15) is 4.31 Å². The first-order valence-electron chi connectivity index (χ1n) is 9.35. The molecule has 1 aliphatic heterocycles. The maximum Gasteiger partial charge on any atom is 0.261 e. The molecule has 3 rings (SSSR count). The Bertz CT molecular complexity index is 1060. The fourth-order valence-electron chi connectivity index (χ4n) is 3.26. The number of benzene rings is 2. The molecule has 1 heterocycles. The van der Waals surface area contributed by atoms with Crippen molar-refractivity contribution in [3.63, 3.8) is 0 Å². The number of fused-ring (bicyclic) bond motifs is 1. The molecule has 1 aliphatic rings. The van der Waals surface area contributed by atoms with E-state index in [1.54, 1.807) is 31.2 Å². The van der Waals surface area contributed by atoms with Crippen molar-refractivity contribution in [3.05, 3.63) is 59.2 Å². The van der Waals surface area contributed by atoms with Crippen LogP contribution in [-0.2, 0) is 33.0 Å². The number of nitrogens with one attached hydrogen (secondary N) is 1. The van der Waals surface area contributed by atoms with Crippen molar-refractivity contribution in [1.82, 2.24) is 4.31 Å². The van der Waals surface area contributed by atoms with Crippen LogP contribution in [0.15, 0.2) is 47.4 Å². The van der Waals surface area contributed by atoms with E-state index in [1.165, 1.54) is 4.31 Å².